The van der Waals surface area contributed by atoms with Crippen LogP contribution in [0.4, 0.5) is 0 Å². The standard InChI is InChI=1S/C14H14N2O4S2/c1-9-13(21-14-15-22(17,18)5-4-16(9)14)7-10-2-3-11-12(6-10)20-8-19-11/h2-3,6H,4-5,7-8H2,1H3. The zero-order valence-corrected chi connectivity index (χ0v) is 13.5. The highest BCUT2D eigenvalue weighted by Crippen LogP contribution is 2.39. The summed E-state index contributed by atoms with van der Waals surface area (Å²) in [7, 11) is -3.30. The summed E-state index contributed by atoms with van der Waals surface area (Å²) in [5.74, 6) is 1.60. The molecule has 0 spiro atoms. The second-order valence-electron chi connectivity index (χ2n) is 5.29. The molecule has 0 aliphatic carbocycles. The van der Waals surface area contributed by atoms with Crippen LogP contribution in [-0.4, -0.2) is 37.6 Å². The van der Waals surface area contributed by atoms with Crippen LogP contribution in [-0.2, 0) is 16.4 Å². The molecule has 116 valence electrons. The fourth-order valence-corrected chi connectivity index (χ4v) is 5.02. The summed E-state index contributed by atoms with van der Waals surface area (Å²) in [6, 6.07) is 5.88. The van der Waals surface area contributed by atoms with Crippen LogP contribution in [0.15, 0.2) is 33.2 Å². The first-order valence-corrected chi connectivity index (χ1v) is 9.31. The highest BCUT2D eigenvalue weighted by atomic mass is 32.2. The second kappa shape index (κ2) is 4.92. The van der Waals surface area contributed by atoms with Crippen LogP contribution in [0, 0.1) is 0 Å². The third kappa shape index (κ3) is 2.36. The number of allylic oxidation sites excluding steroid dienone is 2. The molecule has 0 bridgehead atoms. The molecule has 0 fully saturated rings. The molecule has 0 radical (unpaired) electrons. The summed E-state index contributed by atoms with van der Waals surface area (Å²) in [6.07, 6.45) is 0.725. The summed E-state index contributed by atoms with van der Waals surface area (Å²) in [5.41, 5.74) is 2.19. The molecule has 4 rings (SSSR count). The maximum Gasteiger partial charge on any atom is 0.257 e. The van der Waals surface area contributed by atoms with Gasteiger partial charge in [0.15, 0.2) is 16.7 Å². The van der Waals surface area contributed by atoms with Crippen molar-refractivity contribution in [2.75, 3.05) is 19.1 Å². The number of benzene rings is 1. The van der Waals surface area contributed by atoms with Gasteiger partial charge in [-0.25, -0.2) is 8.42 Å². The lowest BCUT2D eigenvalue weighted by Crippen LogP contribution is -2.33. The average molecular weight is 338 g/mol. The first-order chi connectivity index (χ1) is 10.5. The Morgan fingerprint density at radius 3 is 3.00 bits per heavy atom. The molecule has 3 aliphatic heterocycles. The van der Waals surface area contributed by atoms with Gasteiger partial charge in [-0.1, -0.05) is 17.8 Å². The molecule has 0 amide bonds. The van der Waals surface area contributed by atoms with Gasteiger partial charge in [-0.2, -0.15) is 0 Å². The number of thioether (sulfide) groups is 1. The maximum absolute atomic E-state index is 11.6. The minimum Gasteiger partial charge on any atom is -0.454 e. The number of hydrogen-bond acceptors (Lipinski definition) is 6. The number of fused-ring (bicyclic) bond motifs is 2. The van der Waals surface area contributed by atoms with E-state index >= 15 is 0 Å². The van der Waals surface area contributed by atoms with E-state index in [-0.39, 0.29) is 12.5 Å². The predicted octanol–water partition coefficient (Wildman–Crippen LogP) is 1.94. The van der Waals surface area contributed by atoms with Gasteiger partial charge in [-0.3, -0.25) is 0 Å². The van der Waals surface area contributed by atoms with Crippen LogP contribution < -0.4 is 9.47 Å². The minimum atomic E-state index is -3.30. The number of nitrogens with zero attached hydrogens (tertiary/aromatic N) is 2. The lowest BCUT2D eigenvalue weighted by molar-refractivity contribution is 0.174. The largest absolute Gasteiger partial charge is 0.454 e. The number of ether oxygens (including phenoxy) is 2. The molecule has 6 nitrogen and oxygen atoms in total. The van der Waals surface area contributed by atoms with Gasteiger partial charge in [0.25, 0.3) is 10.0 Å². The van der Waals surface area contributed by atoms with E-state index in [2.05, 4.69) is 4.40 Å². The van der Waals surface area contributed by atoms with Crippen molar-refractivity contribution in [1.29, 1.82) is 0 Å². The van der Waals surface area contributed by atoms with E-state index in [1.54, 1.807) is 0 Å². The summed E-state index contributed by atoms with van der Waals surface area (Å²) in [6.45, 7) is 2.75. The van der Waals surface area contributed by atoms with E-state index in [0.29, 0.717) is 11.7 Å². The zero-order chi connectivity index (χ0) is 15.3. The van der Waals surface area contributed by atoms with Crippen molar-refractivity contribution >= 4 is 27.0 Å². The van der Waals surface area contributed by atoms with Crippen molar-refractivity contribution < 1.29 is 17.9 Å². The Morgan fingerprint density at radius 2 is 2.14 bits per heavy atom. The first kappa shape index (κ1) is 14.0. The summed E-state index contributed by atoms with van der Waals surface area (Å²) in [5, 5.41) is 0.569. The highest BCUT2D eigenvalue weighted by Gasteiger charge is 2.33. The number of rotatable bonds is 2. The number of sulfonamides is 1. The van der Waals surface area contributed by atoms with Crippen molar-refractivity contribution in [1.82, 2.24) is 4.90 Å². The van der Waals surface area contributed by atoms with Crippen molar-refractivity contribution in [3.8, 4) is 11.5 Å². The van der Waals surface area contributed by atoms with Crippen molar-refractivity contribution in [3.63, 3.8) is 0 Å². The van der Waals surface area contributed by atoms with Crippen LogP contribution in [0.1, 0.15) is 12.5 Å². The van der Waals surface area contributed by atoms with E-state index in [9.17, 15) is 8.42 Å². The molecule has 8 heteroatoms. The highest BCUT2D eigenvalue weighted by molar-refractivity contribution is 8.18. The molecule has 0 atom stereocenters. The van der Waals surface area contributed by atoms with Gasteiger partial charge >= 0.3 is 0 Å². The van der Waals surface area contributed by atoms with E-state index in [1.807, 2.05) is 30.0 Å². The van der Waals surface area contributed by atoms with Crippen molar-refractivity contribution in [2.45, 2.75) is 13.3 Å². The predicted molar refractivity (Wildman–Crippen MR) is 84.5 cm³/mol. The Hall–Kier alpha value is -1.67. The summed E-state index contributed by atoms with van der Waals surface area (Å²) >= 11 is 1.44. The molecule has 0 saturated carbocycles. The van der Waals surface area contributed by atoms with Gasteiger partial charge in [0.2, 0.25) is 6.79 Å². The first-order valence-electron chi connectivity index (χ1n) is 6.88. The Balaban J connectivity index is 1.60. The van der Waals surface area contributed by atoms with Gasteiger partial charge in [-0.05, 0) is 24.6 Å². The van der Waals surface area contributed by atoms with Gasteiger partial charge in [-0.15, -0.1) is 4.40 Å². The fourth-order valence-electron chi connectivity index (χ4n) is 2.64. The minimum absolute atomic E-state index is 0.0751. The summed E-state index contributed by atoms with van der Waals surface area (Å²) in [4.78, 5) is 3.10. The Kier molecular flexibility index (Phi) is 3.12. The quantitative estimate of drug-likeness (QED) is 0.821. The van der Waals surface area contributed by atoms with Crippen molar-refractivity contribution in [2.24, 2.45) is 4.40 Å². The van der Waals surface area contributed by atoms with Crippen LogP contribution in [0.2, 0.25) is 0 Å². The molecule has 3 aliphatic rings. The van der Waals surface area contributed by atoms with E-state index < -0.39 is 10.0 Å². The van der Waals surface area contributed by atoms with E-state index in [4.69, 9.17) is 9.47 Å². The number of hydrogen-bond donors (Lipinski definition) is 0. The smallest absolute Gasteiger partial charge is 0.257 e. The Bertz CT molecular complexity index is 814. The van der Waals surface area contributed by atoms with E-state index in [1.165, 1.54) is 11.8 Å². The molecule has 22 heavy (non-hydrogen) atoms. The average Bonchev–Trinajstić information content (AvgIpc) is 3.03. The molecular weight excluding hydrogens is 324 g/mol. The lowest BCUT2D eigenvalue weighted by Gasteiger charge is -2.22. The van der Waals surface area contributed by atoms with Gasteiger partial charge in [0, 0.05) is 23.6 Å². The van der Waals surface area contributed by atoms with E-state index in [0.717, 1.165) is 34.1 Å². The third-order valence-electron chi connectivity index (χ3n) is 3.85. The monoisotopic (exact) mass is 338 g/mol. The van der Waals surface area contributed by atoms with Gasteiger partial charge in [0.1, 0.15) is 0 Å². The Morgan fingerprint density at radius 1 is 1.32 bits per heavy atom. The molecular formula is C14H14N2O4S2. The van der Waals surface area contributed by atoms with Gasteiger partial charge < -0.3 is 14.4 Å². The normalized spacial score (nSPS) is 21.9. The SMILES string of the molecule is CC1=C(Cc2ccc3c(c2)OCO3)SC2=NS(=O)(=O)CCN21. The zero-order valence-electron chi connectivity index (χ0n) is 11.9. The lowest BCUT2D eigenvalue weighted by atomic mass is 10.1. The molecule has 0 aromatic heterocycles. The van der Waals surface area contributed by atoms with Crippen molar-refractivity contribution in [3.05, 3.63) is 34.4 Å². The third-order valence-corrected chi connectivity index (χ3v) is 6.29. The second-order valence-corrected chi connectivity index (χ2v) is 8.10. The van der Waals surface area contributed by atoms with Crippen LogP contribution in [0.5, 0.6) is 11.5 Å². The van der Waals surface area contributed by atoms with Crippen LogP contribution >= 0.6 is 11.8 Å². The molecule has 0 unspecified atom stereocenters. The summed E-state index contributed by atoms with van der Waals surface area (Å²) < 4.78 is 37.8. The van der Waals surface area contributed by atoms with Gasteiger partial charge in [0.05, 0.1) is 5.75 Å². The molecule has 1 aromatic rings. The maximum atomic E-state index is 11.6. The molecule has 0 saturated heterocycles. The molecule has 0 N–H and O–H groups in total. The van der Waals surface area contributed by atoms with Crippen LogP contribution in [0.25, 0.3) is 0 Å². The molecule has 3 heterocycles. The Labute approximate surface area is 132 Å². The van der Waals surface area contributed by atoms with Crippen LogP contribution in [0.3, 0.4) is 0 Å². The fraction of sp³-hybridized carbons (Fsp3) is 0.357. The number of amidine groups is 1. The molecule has 1 aromatic carbocycles. The topological polar surface area (TPSA) is 68.2 Å².